The van der Waals surface area contributed by atoms with Gasteiger partial charge in [0.2, 0.25) is 0 Å². The molecule has 0 aromatic carbocycles. The summed E-state index contributed by atoms with van der Waals surface area (Å²) in [4.78, 5) is 19.6. The summed E-state index contributed by atoms with van der Waals surface area (Å²) in [5, 5.41) is 2.31. The highest BCUT2D eigenvalue weighted by molar-refractivity contribution is 7.50. The van der Waals surface area contributed by atoms with Gasteiger partial charge in [-0.1, -0.05) is 96.5 Å². The molecule has 0 aromatic heterocycles. The Morgan fingerprint density at radius 3 is 1.74 bits per heavy atom. The number of nitrogens with one attached hydrogen (secondary N) is 1. The van der Waals surface area contributed by atoms with Crippen LogP contribution in [0, 0.1) is 0 Å². The lowest BCUT2D eigenvalue weighted by Crippen LogP contribution is -2.05. The normalized spacial score (nSPS) is 14.0. The highest BCUT2D eigenvalue weighted by Crippen LogP contribution is 2.36. The van der Waals surface area contributed by atoms with Crippen molar-refractivity contribution in [3.8, 4) is 0 Å². The largest absolute Gasteiger partial charge is 0.429 e. The molecule has 0 rings (SSSR count). The fraction of sp³-hybridized carbons (Fsp3) is 0.762. The van der Waals surface area contributed by atoms with E-state index in [0.717, 1.165) is 19.3 Å². The van der Waals surface area contributed by atoms with Crippen molar-refractivity contribution < 1.29 is 18.8 Å². The quantitative estimate of drug-likeness (QED) is 0.0807. The summed E-state index contributed by atoms with van der Waals surface area (Å²) in [7, 11) is -3.79. The Morgan fingerprint density at radius 1 is 0.778 bits per heavy atom. The van der Waals surface area contributed by atoms with Gasteiger partial charge in [-0.15, -0.1) is 0 Å². The van der Waals surface area contributed by atoms with Crippen molar-refractivity contribution in [3.05, 3.63) is 24.4 Å². The second kappa shape index (κ2) is 19.9. The number of aldehydes is 1. The van der Waals surface area contributed by atoms with Crippen LogP contribution in [0.25, 0.3) is 0 Å². The summed E-state index contributed by atoms with van der Waals surface area (Å²) in [6.45, 7) is 2.53. The van der Waals surface area contributed by atoms with E-state index in [4.69, 9.17) is 4.52 Å². The highest BCUT2D eigenvalue weighted by atomic mass is 31.2. The number of rotatable bonds is 20. The molecule has 27 heavy (non-hydrogen) atoms. The summed E-state index contributed by atoms with van der Waals surface area (Å²) >= 11 is 0. The average Bonchev–Trinajstić information content (AvgIpc) is 2.64. The van der Waals surface area contributed by atoms with Crippen LogP contribution in [0.1, 0.15) is 96.8 Å². The summed E-state index contributed by atoms with van der Waals surface area (Å²) in [5.41, 5.74) is 0. The van der Waals surface area contributed by atoms with Crippen LogP contribution < -0.4 is 5.09 Å². The monoisotopic (exact) mass is 401 g/mol. The number of hydrogen-bond acceptors (Lipinski definition) is 3. The summed E-state index contributed by atoms with van der Waals surface area (Å²) in [6, 6.07) is 0. The zero-order valence-electron chi connectivity index (χ0n) is 17.1. The van der Waals surface area contributed by atoms with Gasteiger partial charge in [-0.2, -0.15) is 0 Å². The molecular weight excluding hydrogens is 361 g/mol. The molecule has 0 spiro atoms. The van der Waals surface area contributed by atoms with Gasteiger partial charge in [-0.3, -0.25) is 14.4 Å². The van der Waals surface area contributed by atoms with E-state index in [-0.39, 0.29) is 6.61 Å². The fourth-order valence-corrected chi connectivity index (χ4v) is 3.55. The lowest BCUT2D eigenvalue weighted by atomic mass is 10.0. The number of allylic oxidation sites excluding steroid dienone is 3. The van der Waals surface area contributed by atoms with Crippen LogP contribution in [0.3, 0.4) is 0 Å². The predicted molar refractivity (Wildman–Crippen MR) is 114 cm³/mol. The first-order valence-electron chi connectivity index (χ1n) is 10.6. The van der Waals surface area contributed by atoms with Gasteiger partial charge in [0.1, 0.15) is 6.29 Å². The van der Waals surface area contributed by atoms with Crippen LogP contribution in [0.5, 0.6) is 0 Å². The molecule has 0 aliphatic heterocycles. The molecule has 0 fully saturated rings. The molecule has 0 amide bonds. The highest BCUT2D eigenvalue weighted by Gasteiger charge is 2.15. The van der Waals surface area contributed by atoms with E-state index in [1.54, 1.807) is 0 Å². The van der Waals surface area contributed by atoms with E-state index in [1.165, 1.54) is 95.1 Å². The molecule has 1 unspecified atom stereocenters. The Bertz CT molecular complexity index is 438. The van der Waals surface area contributed by atoms with E-state index in [1.807, 2.05) is 0 Å². The zero-order valence-corrected chi connectivity index (χ0v) is 18.0. The third-order valence-electron chi connectivity index (χ3n) is 4.40. The minimum absolute atomic E-state index is 0.275. The Kier molecular flexibility index (Phi) is 19.2. The molecule has 0 aliphatic carbocycles. The summed E-state index contributed by atoms with van der Waals surface area (Å²) in [5.74, 6) is 0. The molecule has 0 aliphatic rings. The van der Waals surface area contributed by atoms with Gasteiger partial charge in [0.25, 0.3) is 0 Å². The molecule has 0 radical (unpaired) electrons. The molecule has 0 heterocycles. The molecule has 0 bridgehead atoms. The van der Waals surface area contributed by atoms with Crippen molar-refractivity contribution in [3.63, 3.8) is 0 Å². The van der Waals surface area contributed by atoms with E-state index < -0.39 is 7.75 Å². The average molecular weight is 402 g/mol. The summed E-state index contributed by atoms with van der Waals surface area (Å²) in [6.07, 6.45) is 24.0. The van der Waals surface area contributed by atoms with Gasteiger partial charge in [0, 0.05) is 6.20 Å². The number of carbonyl (C=O) groups excluding carboxylic acids is 1. The molecule has 158 valence electrons. The summed E-state index contributed by atoms with van der Waals surface area (Å²) < 4.78 is 16.7. The Hall–Kier alpha value is -0.900. The maximum absolute atomic E-state index is 11.7. The molecule has 0 saturated heterocycles. The zero-order chi connectivity index (χ0) is 20.1. The van der Waals surface area contributed by atoms with Crippen LogP contribution in [-0.2, 0) is 13.9 Å². The Balaban J connectivity index is 3.34. The SMILES string of the molecule is CCCCCCCCCCCCCCCCOP(=O)(O)N/C=C\C=C/C=O. The topological polar surface area (TPSA) is 75.6 Å². The van der Waals surface area contributed by atoms with Crippen LogP contribution in [0.2, 0.25) is 0 Å². The molecule has 2 N–H and O–H groups in total. The van der Waals surface area contributed by atoms with Crippen LogP contribution in [0.15, 0.2) is 24.4 Å². The van der Waals surface area contributed by atoms with Crippen molar-refractivity contribution >= 4 is 14.0 Å². The van der Waals surface area contributed by atoms with Gasteiger partial charge in [0.05, 0.1) is 6.61 Å². The first-order chi connectivity index (χ1) is 13.1. The molecule has 0 aromatic rings. The van der Waals surface area contributed by atoms with Gasteiger partial charge < -0.3 is 4.89 Å². The molecule has 1 atom stereocenters. The molecule has 6 heteroatoms. The van der Waals surface area contributed by atoms with Crippen molar-refractivity contribution in [1.82, 2.24) is 5.09 Å². The maximum Gasteiger partial charge on any atom is 0.429 e. The lowest BCUT2D eigenvalue weighted by Gasteiger charge is -2.11. The minimum atomic E-state index is -3.79. The lowest BCUT2D eigenvalue weighted by molar-refractivity contribution is -0.104. The second-order valence-corrected chi connectivity index (χ2v) is 8.52. The third-order valence-corrected chi connectivity index (χ3v) is 5.41. The first kappa shape index (κ1) is 26.1. The maximum atomic E-state index is 11.7. The smallest absolute Gasteiger partial charge is 0.308 e. The van der Waals surface area contributed by atoms with Crippen LogP contribution >= 0.6 is 7.75 Å². The van der Waals surface area contributed by atoms with Gasteiger partial charge >= 0.3 is 7.75 Å². The Morgan fingerprint density at radius 2 is 1.26 bits per heavy atom. The predicted octanol–water partition coefficient (Wildman–Crippen LogP) is 6.44. The van der Waals surface area contributed by atoms with E-state index in [0.29, 0.717) is 6.29 Å². The van der Waals surface area contributed by atoms with E-state index in [2.05, 4.69) is 12.0 Å². The number of carbonyl (C=O) groups is 1. The molecular formula is C21H40NO4P. The van der Waals surface area contributed by atoms with Gasteiger partial charge in [-0.05, 0) is 18.6 Å². The van der Waals surface area contributed by atoms with E-state index >= 15 is 0 Å². The van der Waals surface area contributed by atoms with Crippen molar-refractivity contribution in [2.45, 2.75) is 96.8 Å². The van der Waals surface area contributed by atoms with Crippen LogP contribution in [0.4, 0.5) is 0 Å². The van der Waals surface area contributed by atoms with Crippen molar-refractivity contribution in [1.29, 1.82) is 0 Å². The second-order valence-electron chi connectivity index (χ2n) is 6.96. The first-order valence-corrected chi connectivity index (χ1v) is 12.2. The minimum Gasteiger partial charge on any atom is -0.308 e. The number of hydrogen-bond donors (Lipinski definition) is 2. The fourth-order valence-electron chi connectivity index (χ4n) is 2.82. The van der Waals surface area contributed by atoms with Gasteiger partial charge in [-0.25, -0.2) is 4.57 Å². The number of unbranched alkanes of at least 4 members (excludes halogenated alkanes) is 13. The standard InChI is InChI=1S/C21H40NO4P/c1-2-3-4-5-6-7-8-9-10-11-12-13-14-18-21-26-27(24,25)22-19-16-15-17-20-23/h15-17,19-20H,2-14,18,21H2,1H3,(H2,22,24,25)/b17-15-,19-16-. The van der Waals surface area contributed by atoms with Crippen molar-refractivity contribution in [2.24, 2.45) is 0 Å². The van der Waals surface area contributed by atoms with Crippen LogP contribution in [-0.4, -0.2) is 17.8 Å². The van der Waals surface area contributed by atoms with E-state index in [9.17, 15) is 14.3 Å². The Labute approximate surface area is 166 Å². The molecule has 0 saturated carbocycles. The van der Waals surface area contributed by atoms with Gasteiger partial charge in [0.15, 0.2) is 0 Å². The molecule has 5 nitrogen and oxygen atoms in total. The van der Waals surface area contributed by atoms with Crippen molar-refractivity contribution in [2.75, 3.05) is 6.61 Å². The third kappa shape index (κ3) is 21.3.